The first-order valence-electron chi connectivity index (χ1n) is 24.0. The molecule has 2 aromatic heterocycles. The topological polar surface area (TPSA) is 352 Å². The molecule has 0 aliphatic heterocycles. The van der Waals surface area contributed by atoms with E-state index in [0.29, 0.717) is 49.2 Å². The number of rotatable bonds is 31. The molecule has 4 rings (SSSR count). The number of carbonyl (C=O) groups is 5. The van der Waals surface area contributed by atoms with Gasteiger partial charge in [0.25, 0.3) is 0 Å². The lowest BCUT2D eigenvalue weighted by molar-refractivity contribution is -0.130. The van der Waals surface area contributed by atoms with Crippen LogP contribution in [-0.2, 0) is 41.8 Å². The van der Waals surface area contributed by atoms with Gasteiger partial charge in [-0.3, -0.25) is 33.9 Å². The van der Waals surface area contributed by atoms with Gasteiger partial charge < -0.3 is 48.5 Å². The summed E-state index contributed by atoms with van der Waals surface area (Å²) in [4.78, 5) is 71.3. The highest BCUT2D eigenvalue weighted by molar-refractivity contribution is 5.90. The second-order valence-electron chi connectivity index (χ2n) is 19.1. The maximum Gasteiger partial charge on any atom is 0.242 e. The van der Waals surface area contributed by atoms with Crippen LogP contribution >= 0.6 is 0 Å². The van der Waals surface area contributed by atoms with Gasteiger partial charge in [0, 0.05) is 61.1 Å². The van der Waals surface area contributed by atoms with Gasteiger partial charge in [-0.2, -0.15) is 0 Å². The van der Waals surface area contributed by atoms with Crippen molar-refractivity contribution in [3.8, 4) is 22.8 Å². The number of aryl methyl sites for hydroxylation is 2. The van der Waals surface area contributed by atoms with Gasteiger partial charge in [0.2, 0.25) is 41.2 Å². The first kappa shape index (κ1) is 57.4. The van der Waals surface area contributed by atoms with Crippen LogP contribution in [0.25, 0.3) is 22.8 Å². The summed E-state index contributed by atoms with van der Waals surface area (Å²) in [6.07, 6.45) is 3.24. The molecule has 5 amide bonds. The minimum absolute atomic E-state index is 0.0699. The van der Waals surface area contributed by atoms with Gasteiger partial charge in [0.15, 0.2) is 17.6 Å². The summed E-state index contributed by atoms with van der Waals surface area (Å²) in [5.41, 5.74) is 18.5. The number of hydrogen-bond donors (Lipinski definition) is 8. The van der Waals surface area contributed by atoms with Crippen LogP contribution in [0, 0.1) is 24.7 Å². The number of benzene rings is 2. The molecule has 0 unspecified atom stereocenters. The number of nitrogens with two attached hydrogens (primary N) is 3. The highest BCUT2D eigenvalue weighted by Gasteiger charge is 2.29. The Morgan fingerprint density at radius 1 is 0.639 bits per heavy atom. The Kier molecular flexibility index (Phi) is 23.3. The van der Waals surface area contributed by atoms with Crippen LogP contribution in [-0.4, -0.2) is 146 Å². The van der Waals surface area contributed by atoms with E-state index in [0.717, 1.165) is 35.1 Å². The predicted molar refractivity (Wildman–Crippen MR) is 269 cm³/mol. The quantitative estimate of drug-likeness (QED) is 0.0192. The Labute approximate surface area is 420 Å². The fraction of sp³-hybridized carbons (Fsp3) is 0.542. The van der Waals surface area contributed by atoms with E-state index < -0.39 is 28.7 Å². The number of aromatic nitrogens is 8. The number of hydrogen-bond acceptors (Lipinski definition) is 17. The first-order valence-corrected chi connectivity index (χ1v) is 24.0. The molecule has 0 radical (unpaired) electrons. The summed E-state index contributed by atoms with van der Waals surface area (Å²) in [5.74, 6) is -0.0971. The van der Waals surface area contributed by atoms with Crippen molar-refractivity contribution in [2.75, 3.05) is 59.0 Å². The molecular formula is C48H72N18O6. The molecule has 0 spiro atoms. The van der Waals surface area contributed by atoms with E-state index >= 15 is 0 Å². The van der Waals surface area contributed by atoms with Crippen LogP contribution in [0.2, 0.25) is 0 Å². The predicted octanol–water partition coefficient (Wildman–Crippen LogP) is 0.391. The van der Waals surface area contributed by atoms with Crippen molar-refractivity contribution in [1.29, 1.82) is 0 Å². The molecule has 2 heterocycles. The van der Waals surface area contributed by atoms with Gasteiger partial charge in [0.05, 0.1) is 32.8 Å². The van der Waals surface area contributed by atoms with Gasteiger partial charge in [0.1, 0.15) is 6.04 Å². The first-order chi connectivity index (χ1) is 34.3. The van der Waals surface area contributed by atoms with E-state index in [9.17, 15) is 24.0 Å². The molecule has 0 fully saturated rings. The van der Waals surface area contributed by atoms with Crippen LogP contribution in [0.5, 0.6) is 0 Å². The van der Waals surface area contributed by atoms with Crippen LogP contribution in [0.4, 0.5) is 0 Å². The van der Waals surface area contributed by atoms with E-state index in [1.54, 1.807) is 18.7 Å². The maximum atomic E-state index is 13.5. The van der Waals surface area contributed by atoms with Gasteiger partial charge >= 0.3 is 0 Å². The average Bonchev–Trinajstić information content (AvgIpc) is 3.34. The lowest BCUT2D eigenvalue weighted by Crippen LogP contribution is -2.51. The number of aliphatic imine (C=N–C) groups is 1. The Balaban J connectivity index is 1.33. The van der Waals surface area contributed by atoms with Crippen molar-refractivity contribution in [3.05, 3.63) is 71.3 Å². The monoisotopic (exact) mass is 997 g/mol. The minimum Gasteiger partial charge on any atom is -0.380 e. The second kappa shape index (κ2) is 29.2. The van der Waals surface area contributed by atoms with Crippen LogP contribution in [0.3, 0.4) is 0 Å². The largest absolute Gasteiger partial charge is 0.380 e. The van der Waals surface area contributed by atoms with E-state index in [2.05, 4.69) is 72.4 Å². The Morgan fingerprint density at radius 2 is 1.15 bits per heavy atom. The minimum atomic E-state index is -0.908. The molecule has 2 aromatic carbocycles. The van der Waals surface area contributed by atoms with Gasteiger partial charge in [-0.25, -0.2) is 0 Å². The molecule has 0 saturated carbocycles. The standard InChI is InChI=1S/C48H72N18O6/c1-32-58-62-43(63-59-32)36-17-13-34(14-18-36)23-53-41(69)26-66(27-42(70)54-24-35-15-19-37(20-16-35)44-64-60-33(2)61-65-44)29-48(5,6)31-72-30-47(3,4)28-56-45(71)38(11-10-22-52-46(50)51)57-40(68)25-55-39(67)12-8-7-9-21-49/h13-20,38H,7-12,21-31,49H2,1-6H3,(H,53,69)(H,54,70)(H,55,67)(H,56,71)(H,57,68)(H4,50,51,52)/t38-/m0/s1. The fourth-order valence-corrected chi connectivity index (χ4v) is 7.07. The van der Waals surface area contributed by atoms with E-state index in [4.69, 9.17) is 21.9 Å². The number of ether oxygens (including phenoxy) is 1. The average molecular weight is 997 g/mol. The SMILES string of the molecule is Cc1nnc(-c2ccc(CNC(=O)CN(CC(=O)NCc3ccc(-c4nnc(C)nn4)cc3)CC(C)(C)COCC(C)(C)CNC(=O)[C@H](CCCN=C(N)N)NC(=O)CNC(=O)CCCCCN)cc2)nn1. The van der Waals surface area contributed by atoms with Crippen molar-refractivity contribution in [3.63, 3.8) is 0 Å². The van der Waals surface area contributed by atoms with Gasteiger partial charge in [-0.1, -0.05) is 82.6 Å². The van der Waals surface area contributed by atoms with E-state index in [-0.39, 0.29) is 95.5 Å². The second-order valence-corrected chi connectivity index (χ2v) is 19.1. The Bertz CT molecular complexity index is 2260. The zero-order valence-electron chi connectivity index (χ0n) is 42.4. The third kappa shape index (κ3) is 22.3. The maximum absolute atomic E-state index is 13.5. The molecule has 0 bridgehead atoms. The molecule has 72 heavy (non-hydrogen) atoms. The highest BCUT2D eigenvalue weighted by Crippen LogP contribution is 2.22. The van der Waals surface area contributed by atoms with Crippen molar-refractivity contribution < 1.29 is 28.7 Å². The number of amides is 5. The fourth-order valence-electron chi connectivity index (χ4n) is 7.07. The Morgan fingerprint density at radius 3 is 1.65 bits per heavy atom. The van der Waals surface area contributed by atoms with Crippen molar-refractivity contribution in [2.24, 2.45) is 33.0 Å². The summed E-state index contributed by atoms with van der Waals surface area (Å²) in [7, 11) is 0. The molecule has 4 aromatic rings. The molecule has 0 aliphatic carbocycles. The number of nitrogens with one attached hydrogen (secondary N) is 5. The third-order valence-corrected chi connectivity index (χ3v) is 10.8. The number of nitrogens with zero attached hydrogens (tertiary/aromatic N) is 10. The molecule has 0 saturated heterocycles. The highest BCUT2D eigenvalue weighted by atomic mass is 16.5. The lowest BCUT2D eigenvalue weighted by Gasteiger charge is -2.33. The number of carbonyl (C=O) groups excluding carboxylic acids is 5. The molecule has 11 N–H and O–H groups in total. The molecule has 24 nitrogen and oxygen atoms in total. The normalized spacial score (nSPS) is 11.9. The number of guanidine groups is 1. The van der Waals surface area contributed by atoms with E-state index in [1.165, 1.54) is 0 Å². The van der Waals surface area contributed by atoms with Crippen molar-refractivity contribution in [1.82, 2.24) is 72.3 Å². The molecular weight excluding hydrogens is 925 g/mol. The van der Waals surface area contributed by atoms with Gasteiger partial charge in [-0.05, 0) is 57.2 Å². The van der Waals surface area contributed by atoms with Gasteiger partial charge in [-0.15, -0.1) is 40.8 Å². The zero-order chi connectivity index (χ0) is 52.5. The zero-order valence-corrected chi connectivity index (χ0v) is 42.4. The van der Waals surface area contributed by atoms with E-state index in [1.807, 2.05) is 76.2 Å². The third-order valence-electron chi connectivity index (χ3n) is 10.8. The van der Waals surface area contributed by atoms with Crippen LogP contribution in [0.15, 0.2) is 53.5 Å². The Hall–Kier alpha value is -7.18. The summed E-state index contributed by atoms with van der Waals surface area (Å²) >= 11 is 0. The number of unbranched alkanes of at least 4 members (excludes halogenated alkanes) is 2. The molecule has 1 atom stereocenters. The smallest absolute Gasteiger partial charge is 0.242 e. The lowest BCUT2D eigenvalue weighted by atomic mass is 9.92. The molecule has 0 aliphatic rings. The summed E-state index contributed by atoms with van der Waals surface area (Å²) in [6, 6.07) is 13.8. The summed E-state index contributed by atoms with van der Waals surface area (Å²) in [5, 5.41) is 46.4. The van der Waals surface area contributed by atoms with Crippen molar-refractivity contribution >= 4 is 35.5 Å². The molecule has 390 valence electrons. The summed E-state index contributed by atoms with van der Waals surface area (Å²) in [6.45, 7) is 13.2. The van der Waals surface area contributed by atoms with Crippen LogP contribution < -0.4 is 43.8 Å². The summed E-state index contributed by atoms with van der Waals surface area (Å²) < 4.78 is 6.27. The van der Waals surface area contributed by atoms with Crippen LogP contribution in [0.1, 0.15) is 89.0 Å². The molecule has 24 heteroatoms. The van der Waals surface area contributed by atoms with Crippen molar-refractivity contribution in [2.45, 2.75) is 99.2 Å².